The van der Waals surface area contributed by atoms with E-state index in [1.165, 1.54) is 38.3 Å². The number of halogens is 1. The third-order valence-corrected chi connectivity index (χ3v) is 7.77. The molecule has 0 aliphatic heterocycles. The number of aryl methyl sites for hydroxylation is 1. The molecule has 0 bridgehead atoms. The fourth-order valence-corrected chi connectivity index (χ4v) is 5.40. The number of aromatic nitrogens is 2. The minimum absolute atomic E-state index is 0.631. The Kier molecular flexibility index (Phi) is 13.6. The number of nitrogens with one attached hydrogen (secondary N) is 2. The van der Waals surface area contributed by atoms with Crippen molar-refractivity contribution >= 4 is 23.4 Å². The van der Waals surface area contributed by atoms with Crippen LogP contribution in [0.3, 0.4) is 0 Å². The van der Waals surface area contributed by atoms with Crippen LogP contribution in [0.4, 0.5) is 0 Å². The highest BCUT2D eigenvalue weighted by atomic mass is 35.5. The molecule has 2 aromatic heterocycles. The molecule has 0 amide bonds. The Hall–Kier alpha value is -3.48. The third kappa shape index (κ3) is 10.7. The minimum Gasteiger partial charge on any atom is -0.312 e. The zero-order valence-electron chi connectivity index (χ0n) is 24.2. The monoisotopic (exact) mass is 594 g/mol. The summed E-state index contributed by atoms with van der Waals surface area (Å²) in [6.07, 6.45) is 8.73. The zero-order chi connectivity index (χ0) is 29.2. The molecule has 0 saturated carbocycles. The normalized spacial score (nSPS) is 10.6. The molecular formula is C36H39ClN4S. The van der Waals surface area contributed by atoms with Gasteiger partial charge < -0.3 is 10.6 Å². The lowest BCUT2D eigenvalue weighted by Gasteiger charge is -2.07. The molecule has 5 rings (SSSR count). The first-order valence-corrected chi connectivity index (χ1v) is 15.9. The Balaban J connectivity index is 0.000000208. The fourth-order valence-electron chi connectivity index (χ4n) is 4.37. The topological polar surface area (TPSA) is 49.8 Å². The van der Waals surface area contributed by atoms with Crippen molar-refractivity contribution in [3.8, 4) is 22.3 Å². The van der Waals surface area contributed by atoms with E-state index in [4.69, 9.17) is 11.6 Å². The molecule has 5 aromatic rings. The molecule has 0 aliphatic rings. The summed E-state index contributed by atoms with van der Waals surface area (Å²) < 4.78 is 0. The molecule has 0 saturated heterocycles. The van der Waals surface area contributed by atoms with E-state index in [1.54, 1.807) is 0 Å². The lowest BCUT2D eigenvalue weighted by molar-refractivity contribution is 0.728. The molecule has 2 heterocycles. The Bertz CT molecular complexity index is 1460. The second kappa shape index (κ2) is 18.1. The summed E-state index contributed by atoms with van der Waals surface area (Å²) in [6, 6.07) is 33.9. The minimum atomic E-state index is 0.631. The highest BCUT2D eigenvalue weighted by molar-refractivity contribution is 7.99. The summed E-state index contributed by atoms with van der Waals surface area (Å²) in [5, 5.41) is 6.78. The van der Waals surface area contributed by atoms with E-state index in [0.29, 0.717) is 5.88 Å². The van der Waals surface area contributed by atoms with Gasteiger partial charge in [0.05, 0.1) is 0 Å². The van der Waals surface area contributed by atoms with Crippen LogP contribution in [0.2, 0.25) is 0 Å². The van der Waals surface area contributed by atoms with E-state index < -0.39 is 0 Å². The average molecular weight is 595 g/mol. The summed E-state index contributed by atoms with van der Waals surface area (Å²) in [5.74, 6) is 1.70. The van der Waals surface area contributed by atoms with Gasteiger partial charge in [0.1, 0.15) is 0 Å². The van der Waals surface area contributed by atoms with E-state index in [9.17, 15) is 0 Å². The summed E-state index contributed by atoms with van der Waals surface area (Å²) in [6.45, 7) is 5.65. The van der Waals surface area contributed by atoms with Gasteiger partial charge in [-0.1, -0.05) is 79.7 Å². The van der Waals surface area contributed by atoms with Crippen LogP contribution in [0.1, 0.15) is 23.6 Å². The van der Waals surface area contributed by atoms with Crippen LogP contribution in [0.25, 0.3) is 22.3 Å². The Morgan fingerprint density at radius 1 is 0.595 bits per heavy atom. The molecule has 0 unspecified atom stereocenters. The van der Waals surface area contributed by atoms with E-state index in [2.05, 4.69) is 100 Å². The quantitative estimate of drug-likeness (QED) is 0.0816. The van der Waals surface area contributed by atoms with E-state index in [0.717, 1.165) is 43.9 Å². The van der Waals surface area contributed by atoms with Crippen molar-refractivity contribution in [3.63, 3.8) is 0 Å². The summed E-state index contributed by atoms with van der Waals surface area (Å²) in [4.78, 5) is 10.0. The molecule has 216 valence electrons. The van der Waals surface area contributed by atoms with Crippen LogP contribution >= 0.6 is 23.4 Å². The van der Waals surface area contributed by atoms with Crippen molar-refractivity contribution in [1.82, 2.24) is 20.6 Å². The Morgan fingerprint density at radius 2 is 1.17 bits per heavy atom. The summed E-state index contributed by atoms with van der Waals surface area (Å²) in [7, 11) is 0. The lowest BCUT2D eigenvalue weighted by atomic mass is 10.1. The maximum Gasteiger partial charge on any atom is 0.0348 e. The number of benzene rings is 3. The number of rotatable bonds is 13. The average Bonchev–Trinajstić information content (AvgIpc) is 3.06. The standard InChI is InChI=1S/C22H24N2S.C14H15ClN2/c1-2-18-7-6-10-22(14-18)25-12-11-23-15-19-13-21(17-24-16-19)20-8-4-3-5-9-20;15-6-7-16-9-12-8-14(11-17-10-12)13-4-2-1-3-5-13/h3-10,13-14,16-17,23H,2,11-12,15H2,1H3;1-5,8,10-11,16H,6-7,9H2. The Morgan fingerprint density at radius 3 is 1.71 bits per heavy atom. The van der Waals surface area contributed by atoms with Gasteiger partial charge in [0.2, 0.25) is 0 Å². The molecule has 42 heavy (non-hydrogen) atoms. The van der Waals surface area contributed by atoms with Crippen molar-refractivity contribution in [2.24, 2.45) is 0 Å². The zero-order valence-corrected chi connectivity index (χ0v) is 25.7. The number of thioether (sulfide) groups is 1. The SMILES string of the molecule is CCc1cccc(SCCNCc2cncc(-c3ccccc3)c2)c1.ClCCNCc1cncc(-c2ccccc2)c1. The highest BCUT2D eigenvalue weighted by Gasteiger charge is 2.01. The molecule has 4 nitrogen and oxygen atoms in total. The second-order valence-corrected chi connectivity index (χ2v) is 11.3. The van der Waals surface area contributed by atoms with E-state index in [1.807, 2.05) is 60.8 Å². The molecule has 2 N–H and O–H groups in total. The smallest absolute Gasteiger partial charge is 0.0348 e. The predicted molar refractivity (Wildman–Crippen MR) is 180 cm³/mol. The van der Waals surface area contributed by atoms with Crippen LogP contribution in [0.15, 0.2) is 127 Å². The maximum absolute atomic E-state index is 5.62. The van der Waals surface area contributed by atoms with Gasteiger partial charge in [-0.05, 0) is 58.5 Å². The molecule has 3 aromatic carbocycles. The number of nitrogens with zero attached hydrogens (tertiary/aromatic N) is 2. The molecule has 0 radical (unpaired) electrons. The Labute approximate surface area is 260 Å². The van der Waals surface area contributed by atoms with Crippen LogP contribution in [-0.4, -0.2) is 34.7 Å². The highest BCUT2D eigenvalue weighted by Crippen LogP contribution is 2.21. The van der Waals surface area contributed by atoms with Crippen molar-refractivity contribution in [2.75, 3.05) is 24.7 Å². The summed E-state index contributed by atoms with van der Waals surface area (Å²) in [5.41, 5.74) is 8.53. The van der Waals surface area contributed by atoms with Gasteiger partial charge >= 0.3 is 0 Å². The first-order valence-electron chi connectivity index (χ1n) is 14.4. The van der Waals surface area contributed by atoms with E-state index >= 15 is 0 Å². The van der Waals surface area contributed by atoms with Gasteiger partial charge in [-0.2, -0.15) is 0 Å². The first-order chi connectivity index (χ1) is 20.7. The molecule has 0 aliphatic carbocycles. The number of pyridine rings is 2. The molecule has 6 heteroatoms. The largest absolute Gasteiger partial charge is 0.312 e. The molecular weight excluding hydrogens is 556 g/mol. The third-order valence-electron chi connectivity index (χ3n) is 6.59. The maximum atomic E-state index is 5.62. The van der Waals surface area contributed by atoms with Crippen molar-refractivity contribution < 1.29 is 0 Å². The van der Waals surface area contributed by atoms with Crippen LogP contribution in [-0.2, 0) is 19.5 Å². The van der Waals surface area contributed by atoms with E-state index in [-0.39, 0.29) is 0 Å². The van der Waals surface area contributed by atoms with Crippen LogP contribution in [0, 0.1) is 0 Å². The number of hydrogen-bond donors (Lipinski definition) is 2. The lowest BCUT2D eigenvalue weighted by Crippen LogP contribution is -2.16. The van der Waals surface area contributed by atoms with Gasteiger partial charge in [-0.25, -0.2) is 0 Å². The van der Waals surface area contributed by atoms with Gasteiger partial charge in [0.15, 0.2) is 0 Å². The van der Waals surface area contributed by atoms with Crippen LogP contribution in [0.5, 0.6) is 0 Å². The van der Waals surface area contributed by atoms with Gasteiger partial charge in [0, 0.05) is 78.6 Å². The first kappa shape index (κ1) is 31.5. The molecule has 0 atom stereocenters. The van der Waals surface area contributed by atoms with Gasteiger partial charge in [0.25, 0.3) is 0 Å². The second-order valence-electron chi connectivity index (χ2n) is 9.79. The van der Waals surface area contributed by atoms with Gasteiger partial charge in [-0.15, -0.1) is 23.4 Å². The van der Waals surface area contributed by atoms with Crippen LogP contribution < -0.4 is 10.6 Å². The van der Waals surface area contributed by atoms with Crippen molar-refractivity contribution in [1.29, 1.82) is 0 Å². The number of alkyl halides is 1. The molecule has 0 spiro atoms. The van der Waals surface area contributed by atoms with Crippen molar-refractivity contribution in [3.05, 3.63) is 139 Å². The van der Waals surface area contributed by atoms with Crippen molar-refractivity contribution in [2.45, 2.75) is 31.3 Å². The number of hydrogen-bond acceptors (Lipinski definition) is 5. The predicted octanol–water partition coefficient (Wildman–Crippen LogP) is 8.27. The summed E-state index contributed by atoms with van der Waals surface area (Å²) >= 11 is 7.52. The molecule has 0 fully saturated rings. The van der Waals surface area contributed by atoms with Gasteiger partial charge in [-0.3, -0.25) is 9.97 Å². The fraction of sp³-hybridized carbons (Fsp3) is 0.222.